The first-order chi connectivity index (χ1) is 17.9. The predicted octanol–water partition coefficient (Wildman–Crippen LogP) is 7.01. The maximum absolute atomic E-state index is 12.9. The Hall–Kier alpha value is -3.11. The van der Waals surface area contributed by atoms with E-state index in [0.717, 1.165) is 5.56 Å². The number of halogens is 3. The number of benzene rings is 3. The van der Waals surface area contributed by atoms with Gasteiger partial charge >= 0.3 is 0 Å². The number of amides is 1. The van der Waals surface area contributed by atoms with Gasteiger partial charge in [-0.1, -0.05) is 59.6 Å². The fourth-order valence-corrected chi connectivity index (χ4v) is 5.61. The van der Waals surface area contributed by atoms with Crippen LogP contribution in [0.5, 0.6) is 11.5 Å². The Morgan fingerprint density at radius 3 is 2.57 bits per heavy atom. The molecule has 0 spiro atoms. The van der Waals surface area contributed by atoms with E-state index in [1.165, 1.54) is 23.9 Å². The molecule has 0 aliphatic carbocycles. The van der Waals surface area contributed by atoms with Gasteiger partial charge in [0, 0.05) is 16.1 Å². The lowest BCUT2D eigenvalue weighted by Gasteiger charge is -2.20. The van der Waals surface area contributed by atoms with Crippen molar-refractivity contribution in [2.24, 2.45) is 10.1 Å². The van der Waals surface area contributed by atoms with Crippen molar-refractivity contribution >= 4 is 78.9 Å². The molecule has 7 nitrogen and oxygen atoms in total. The number of carbonyl (C=O) groups excluding carboxylic acids is 1. The zero-order valence-corrected chi connectivity index (χ0v) is 23.1. The van der Waals surface area contributed by atoms with Crippen molar-refractivity contribution in [1.29, 1.82) is 5.41 Å². The van der Waals surface area contributed by atoms with Gasteiger partial charge in [0.1, 0.15) is 11.7 Å². The van der Waals surface area contributed by atoms with Crippen LogP contribution in [-0.4, -0.2) is 34.1 Å². The fourth-order valence-electron chi connectivity index (χ4n) is 3.63. The van der Waals surface area contributed by atoms with Crippen LogP contribution in [0, 0.1) is 5.41 Å². The second-order valence-electron chi connectivity index (χ2n) is 7.82. The third-order valence-electron chi connectivity index (χ3n) is 5.45. The highest BCUT2D eigenvalue weighted by atomic mass is 79.9. The Morgan fingerprint density at radius 2 is 1.84 bits per heavy atom. The zero-order valence-electron chi connectivity index (χ0n) is 19.2. The van der Waals surface area contributed by atoms with E-state index in [4.69, 9.17) is 38.1 Å². The van der Waals surface area contributed by atoms with Gasteiger partial charge in [0.25, 0.3) is 5.91 Å². The molecule has 0 atom stereocenters. The van der Waals surface area contributed by atoms with Crippen LogP contribution in [0.2, 0.25) is 10.0 Å². The topological polar surface area (TPSA) is 87.3 Å². The quantitative estimate of drug-likeness (QED) is 0.301. The number of hydrogen-bond donors (Lipinski definition) is 1. The number of rotatable bonds is 6. The van der Waals surface area contributed by atoms with Gasteiger partial charge in [-0.05, 0) is 63.6 Å². The monoisotopic (exact) mass is 614 g/mol. The minimum absolute atomic E-state index is 0.0845. The van der Waals surface area contributed by atoms with Crippen molar-refractivity contribution in [1.82, 2.24) is 5.01 Å². The molecule has 37 heavy (non-hydrogen) atoms. The zero-order chi connectivity index (χ0) is 26.1. The summed E-state index contributed by atoms with van der Waals surface area (Å²) in [6.45, 7) is 0.244. The molecule has 0 aromatic heterocycles. The van der Waals surface area contributed by atoms with Crippen LogP contribution in [0.3, 0.4) is 0 Å². The third kappa shape index (κ3) is 5.17. The Bertz CT molecular complexity index is 1540. The molecule has 0 unspecified atom stereocenters. The molecular weight excluding hydrogens is 599 g/mol. The third-order valence-corrected chi connectivity index (χ3v) is 7.68. The first-order valence-electron chi connectivity index (χ1n) is 10.8. The van der Waals surface area contributed by atoms with Crippen molar-refractivity contribution in [3.05, 3.63) is 97.4 Å². The van der Waals surface area contributed by atoms with Gasteiger partial charge in [-0.15, -0.1) is 0 Å². The van der Waals surface area contributed by atoms with E-state index in [1.54, 1.807) is 30.3 Å². The van der Waals surface area contributed by atoms with E-state index in [0.29, 0.717) is 47.4 Å². The molecule has 1 N–H and O–H groups in total. The van der Waals surface area contributed by atoms with Crippen LogP contribution in [0.1, 0.15) is 16.7 Å². The molecule has 186 valence electrons. The van der Waals surface area contributed by atoms with Crippen LogP contribution in [0.15, 0.2) is 80.8 Å². The summed E-state index contributed by atoms with van der Waals surface area (Å²) in [5.41, 5.74) is 2.24. The molecule has 0 saturated heterocycles. The lowest BCUT2D eigenvalue weighted by atomic mass is 10.1. The highest BCUT2D eigenvalue weighted by Crippen LogP contribution is 2.39. The van der Waals surface area contributed by atoms with Gasteiger partial charge in [0.2, 0.25) is 5.17 Å². The number of fused-ring (bicyclic) bond motifs is 1. The van der Waals surface area contributed by atoms with Gasteiger partial charge in [0.05, 0.1) is 22.2 Å². The maximum Gasteiger partial charge on any atom is 0.283 e. The number of hydrazone groups is 1. The number of nitrogens with one attached hydrogen (secondary N) is 1. The number of ether oxygens (including phenoxy) is 2. The number of methoxy groups -OCH3 is 1. The highest BCUT2D eigenvalue weighted by Gasteiger charge is 2.36. The van der Waals surface area contributed by atoms with Crippen molar-refractivity contribution in [3.8, 4) is 11.5 Å². The van der Waals surface area contributed by atoms with Crippen LogP contribution in [-0.2, 0) is 11.4 Å². The fraction of sp³-hybridized carbons (Fsp3) is 0.0769. The summed E-state index contributed by atoms with van der Waals surface area (Å²) < 4.78 is 12.1. The van der Waals surface area contributed by atoms with Crippen molar-refractivity contribution in [2.75, 3.05) is 7.11 Å². The van der Waals surface area contributed by atoms with E-state index >= 15 is 0 Å². The lowest BCUT2D eigenvalue weighted by molar-refractivity contribution is -0.114. The minimum atomic E-state index is -0.534. The standard InChI is InChI=1S/C26H17BrCl2N4O3S/c1-35-21-12-14(11-18(27)22(21)36-13-15-6-2-4-8-19(15)28)10-17-23(30)33-26(31-24(17)34)37-25(32-33)16-7-3-5-9-20(16)29/h2-12,30H,13H2,1H3/b17-10-,30-23?. The lowest BCUT2D eigenvalue weighted by Crippen LogP contribution is -2.35. The molecule has 3 aromatic rings. The Balaban J connectivity index is 1.43. The van der Waals surface area contributed by atoms with E-state index in [9.17, 15) is 4.79 Å². The second kappa shape index (κ2) is 10.7. The first-order valence-corrected chi connectivity index (χ1v) is 13.2. The van der Waals surface area contributed by atoms with Crippen LogP contribution < -0.4 is 9.47 Å². The number of carbonyl (C=O) groups is 1. The maximum atomic E-state index is 12.9. The summed E-state index contributed by atoms with van der Waals surface area (Å²) in [6.07, 6.45) is 1.57. The second-order valence-corrected chi connectivity index (χ2v) is 10.4. The van der Waals surface area contributed by atoms with Gasteiger partial charge in [-0.3, -0.25) is 10.2 Å². The number of nitrogens with zero attached hydrogens (tertiary/aromatic N) is 3. The van der Waals surface area contributed by atoms with Gasteiger partial charge in [-0.25, -0.2) is 0 Å². The summed E-state index contributed by atoms with van der Waals surface area (Å²) in [5.74, 6) is 0.315. The highest BCUT2D eigenvalue weighted by molar-refractivity contribution is 9.10. The molecule has 0 bridgehead atoms. The number of hydrogen-bond acceptors (Lipinski definition) is 6. The van der Waals surface area contributed by atoms with Gasteiger partial charge in [0.15, 0.2) is 17.3 Å². The Morgan fingerprint density at radius 1 is 1.11 bits per heavy atom. The minimum Gasteiger partial charge on any atom is -0.493 e. The molecule has 2 aliphatic rings. The van der Waals surface area contributed by atoms with Crippen molar-refractivity contribution < 1.29 is 14.3 Å². The number of thioether (sulfide) groups is 1. The SMILES string of the molecule is COc1cc(/C=C2/C(=N)N3N=C(c4ccccc4Cl)SC3=NC2=O)cc(Br)c1OCc1ccccc1Cl. The summed E-state index contributed by atoms with van der Waals surface area (Å²) in [5, 5.41) is 16.5. The van der Waals surface area contributed by atoms with Crippen LogP contribution >= 0.6 is 50.9 Å². The molecule has 0 saturated carbocycles. The van der Waals surface area contributed by atoms with Crippen molar-refractivity contribution in [3.63, 3.8) is 0 Å². The predicted molar refractivity (Wildman–Crippen MR) is 152 cm³/mol. The number of amidine groups is 2. The average Bonchev–Trinajstić information content (AvgIpc) is 3.30. The summed E-state index contributed by atoms with van der Waals surface area (Å²) in [7, 11) is 1.53. The largest absolute Gasteiger partial charge is 0.493 e. The molecule has 0 fully saturated rings. The summed E-state index contributed by atoms with van der Waals surface area (Å²) in [6, 6.07) is 18.2. The normalized spacial score (nSPS) is 16.0. The molecule has 1 amide bonds. The van der Waals surface area contributed by atoms with Gasteiger partial charge < -0.3 is 9.47 Å². The Labute approximate surface area is 235 Å². The molecule has 2 heterocycles. The molecular formula is C26H17BrCl2N4O3S. The van der Waals surface area contributed by atoms with E-state index in [-0.39, 0.29) is 18.0 Å². The van der Waals surface area contributed by atoms with E-state index in [1.807, 2.05) is 36.4 Å². The van der Waals surface area contributed by atoms with E-state index < -0.39 is 5.91 Å². The molecule has 5 rings (SSSR count). The molecule has 0 radical (unpaired) electrons. The van der Waals surface area contributed by atoms with Crippen LogP contribution in [0.25, 0.3) is 6.08 Å². The summed E-state index contributed by atoms with van der Waals surface area (Å²) >= 11 is 17.3. The number of aliphatic imine (C=N–C) groups is 1. The smallest absolute Gasteiger partial charge is 0.283 e. The van der Waals surface area contributed by atoms with Crippen molar-refractivity contribution in [2.45, 2.75) is 6.61 Å². The average molecular weight is 616 g/mol. The molecule has 11 heteroatoms. The van der Waals surface area contributed by atoms with Crippen LogP contribution in [0.4, 0.5) is 0 Å². The molecule has 2 aliphatic heterocycles. The summed E-state index contributed by atoms with van der Waals surface area (Å²) in [4.78, 5) is 17.0. The van der Waals surface area contributed by atoms with E-state index in [2.05, 4.69) is 26.0 Å². The Kier molecular flexibility index (Phi) is 7.39. The molecule has 3 aromatic carbocycles. The van der Waals surface area contributed by atoms with Gasteiger partial charge in [-0.2, -0.15) is 15.1 Å². The first kappa shape index (κ1) is 25.5.